The molecule has 0 fully saturated rings. The van der Waals surface area contributed by atoms with Gasteiger partial charge in [0.25, 0.3) is 0 Å². The highest BCUT2D eigenvalue weighted by Gasteiger charge is 2.20. The lowest BCUT2D eigenvalue weighted by atomic mass is 10.1. The lowest BCUT2D eigenvalue weighted by molar-refractivity contribution is 0.0532. The molecule has 0 radical (unpaired) electrons. The van der Waals surface area contributed by atoms with Crippen LogP contribution < -0.4 is 15.8 Å². The third-order valence-electron chi connectivity index (χ3n) is 3.95. The van der Waals surface area contributed by atoms with Crippen LogP contribution in [0, 0.1) is 0 Å². The van der Waals surface area contributed by atoms with Gasteiger partial charge in [-0.1, -0.05) is 30.1 Å². The van der Waals surface area contributed by atoms with Crippen LogP contribution in [0.4, 0.5) is 5.95 Å². The maximum atomic E-state index is 12.1. The van der Waals surface area contributed by atoms with Gasteiger partial charge in [0.05, 0.1) is 22.3 Å². The number of carbonyl (C=O) groups is 1. The first kappa shape index (κ1) is 21.6. The van der Waals surface area contributed by atoms with Gasteiger partial charge < -0.3 is 20.5 Å². The molecule has 7 nitrogen and oxygen atoms in total. The molecule has 0 amide bonds. The van der Waals surface area contributed by atoms with Crippen molar-refractivity contribution in [2.75, 3.05) is 32.0 Å². The van der Waals surface area contributed by atoms with E-state index in [1.165, 1.54) is 11.3 Å². The Morgan fingerprint density at radius 3 is 2.72 bits per heavy atom. The van der Waals surface area contributed by atoms with E-state index in [2.05, 4.69) is 15.3 Å². The van der Waals surface area contributed by atoms with Crippen molar-refractivity contribution >= 4 is 56.7 Å². The van der Waals surface area contributed by atoms with E-state index in [1.807, 2.05) is 6.92 Å². The fourth-order valence-corrected chi connectivity index (χ4v) is 4.14. The Morgan fingerprint density at radius 1 is 1.21 bits per heavy atom. The largest absolute Gasteiger partial charge is 0.491 e. The minimum atomic E-state index is -0.422. The van der Waals surface area contributed by atoms with Crippen LogP contribution in [0.15, 0.2) is 18.2 Å². The second-order valence-electron chi connectivity index (χ2n) is 5.94. The van der Waals surface area contributed by atoms with E-state index in [0.717, 1.165) is 6.54 Å². The number of nitrogens with one attached hydrogen (secondary N) is 1. The molecule has 3 aromatic rings. The van der Waals surface area contributed by atoms with Crippen molar-refractivity contribution in [1.29, 1.82) is 0 Å². The number of aromatic nitrogens is 2. The van der Waals surface area contributed by atoms with Gasteiger partial charge in [0.15, 0.2) is 0 Å². The van der Waals surface area contributed by atoms with Gasteiger partial charge in [-0.15, -0.1) is 11.3 Å². The number of likely N-dealkylation sites (N-methyl/N-ethyl adjacent to an activating group) is 1. The normalized spacial score (nSPS) is 11.0. The SMILES string of the molecule is CCNCCOc1cc(-c2nc(N)nc3sc(C(=O)OCC)cc23)c(Cl)cc1Cl. The van der Waals surface area contributed by atoms with Crippen LogP contribution in [0.3, 0.4) is 0 Å². The third kappa shape index (κ3) is 4.90. The number of anilines is 1. The number of ether oxygens (including phenoxy) is 2. The first-order valence-corrected chi connectivity index (χ1v) is 10.6. The van der Waals surface area contributed by atoms with Crippen LogP contribution in [-0.4, -0.2) is 42.2 Å². The predicted molar refractivity (Wildman–Crippen MR) is 117 cm³/mol. The molecule has 0 spiro atoms. The van der Waals surface area contributed by atoms with Gasteiger partial charge in [-0.2, -0.15) is 0 Å². The number of thiophene rings is 1. The van der Waals surface area contributed by atoms with E-state index >= 15 is 0 Å². The summed E-state index contributed by atoms with van der Waals surface area (Å²) >= 11 is 13.9. The van der Waals surface area contributed by atoms with E-state index in [0.29, 0.717) is 55.3 Å². The summed E-state index contributed by atoms with van der Waals surface area (Å²) in [4.78, 5) is 21.7. The van der Waals surface area contributed by atoms with Crippen molar-refractivity contribution in [2.45, 2.75) is 13.8 Å². The molecular weight excluding hydrogens is 435 g/mol. The highest BCUT2D eigenvalue weighted by molar-refractivity contribution is 7.20. The van der Waals surface area contributed by atoms with Crippen molar-refractivity contribution in [1.82, 2.24) is 15.3 Å². The van der Waals surface area contributed by atoms with Crippen LogP contribution >= 0.6 is 34.5 Å². The predicted octanol–water partition coefficient (Wildman–Crippen LogP) is 4.41. The van der Waals surface area contributed by atoms with Gasteiger partial charge in [0, 0.05) is 17.5 Å². The van der Waals surface area contributed by atoms with Crippen LogP contribution in [-0.2, 0) is 4.74 Å². The van der Waals surface area contributed by atoms with E-state index in [9.17, 15) is 4.79 Å². The molecule has 10 heteroatoms. The minimum absolute atomic E-state index is 0.0744. The van der Waals surface area contributed by atoms with Crippen molar-refractivity contribution in [2.24, 2.45) is 0 Å². The van der Waals surface area contributed by atoms with Gasteiger partial charge in [0.1, 0.15) is 22.1 Å². The second-order valence-corrected chi connectivity index (χ2v) is 7.79. The topological polar surface area (TPSA) is 99.4 Å². The minimum Gasteiger partial charge on any atom is -0.491 e. The first-order chi connectivity index (χ1) is 13.9. The Kier molecular flexibility index (Phi) is 7.13. The molecule has 29 heavy (non-hydrogen) atoms. The average molecular weight is 455 g/mol. The Bertz CT molecular complexity index is 1040. The van der Waals surface area contributed by atoms with Crippen LogP contribution in [0.5, 0.6) is 5.75 Å². The molecular formula is C19H20Cl2N4O3S. The summed E-state index contributed by atoms with van der Waals surface area (Å²) in [6, 6.07) is 5.01. The van der Waals surface area contributed by atoms with Gasteiger partial charge in [-0.05, 0) is 31.7 Å². The lowest BCUT2D eigenvalue weighted by Gasteiger charge is -2.12. The fraction of sp³-hybridized carbons (Fsp3) is 0.316. The number of benzene rings is 1. The molecule has 3 N–H and O–H groups in total. The highest BCUT2D eigenvalue weighted by atomic mass is 35.5. The van der Waals surface area contributed by atoms with E-state index in [1.54, 1.807) is 25.1 Å². The molecule has 2 heterocycles. The van der Waals surface area contributed by atoms with Gasteiger partial charge >= 0.3 is 5.97 Å². The molecule has 0 aliphatic heterocycles. The Balaban J connectivity index is 2.06. The average Bonchev–Trinajstić information content (AvgIpc) is 3.10. The summed E-state index contributed by atoms with van der Waals surface area (Å²) in [5, 5.41) is 4.61. The summed E-state index contributed by atoms with van der Waals surface area (Å²) in [7, 11) is 0. The Morgan fingerprint density at radius 2 is 2.00 bits per heavy atom. The maximum absolute atomic E-state index is 12.1. The van der Waals surface area contributed by atoms with Gasteiger partial charge in [-0.3, -0.25) is 0 Å². The smallest absolute Gasteiger partial charge is 0.348 e. The number of nitrogens with two attached hydrogens (primary N) is 1. The van der Waals surface area contributed by atoms with Crippen LogP contribution in [0.25, 0.3) is 21.5 Å². The van der Waals surface area contributed by atoms with Gasteiger partial charge in [-0.25, -0.2) is 14.8 Å². The molecule has 0 saturated heterocycles. The van der Waals surface area contributed by atoms with Crippen molar-refractivity contribution in [3.05, 3.63) is 33.1 Å². The molecule has 2 aromatic heterocycles. The van der Waals surface area contributed by atoms with Crippen molar-refractivity contribution in [3.8, 4) is 17.0 Å². The molecule has 0 atom stereocenters. The number of fused-ring (bicyclic) bond motifs is 1. The Labute approximate surface area is 182 Å². The van der Waals surface area contributed by atoms with Gasteiger partial charge in [0.2, 0.25) is 5.95 Å². The summed E-state index contributed by atoms with van der Waals surface area (Å²) in [6.07, 6.45) is 0. The zero-order chi connectivity index (χ0) is 21.0. The second kappa shape index (κ2) is 9.58. The zero-order valence-electron chi connectivity index (χ0n) is 15.9. The molecule has 154 valence electrons. The van der Waals surface area contributed by atoms with Crippen molar-refractivity contribution in [3.63, 3.8) is 0 Å². The summed E-state index contributed by atoms with van der Waals surface area (Å²) in [5.74, 6) is 0.134. The number of nitrogens with zero attached hydrogens (tertiary/aromatic N) is 2. The molecule has 0 unspecified atom stereocenters. The molecule has 0 bridgehead atoms. The number of hydrogen-bond acceptors (Lipinski definition) is 8. The molecule has 1 aromatic carbocycles. The first-order valence-electron chi connectivity index (χ1n) is 9.01. The summed E-state index contributed by atoms with van der Waals surface area (Å²) < 4.78 is 10.9. The Hall–Kier alpha value is -2.13. The van der Waals surface area contributed by atoms with E-state index in [4.69, 9.17) is 38.4 Å². The number of nitrogen functional groups attached to an aromatic ring is 1. The standard InChI is InChI=1S/C19H20Cl2N4O3S/c1-3-23-5-6-28-14-7-10(12(20)9-13(14)21)16-11-8-15(18(26)27-4-2)29-17(11)25-19(22)24-16/h7-9,23H,3-6H2,1-2H3,(H2,22,24,25). The number of esters is 1. The maximum Gasteiger partial charge on any atom is 0.348 e. The quantitative estimate of drug-likeness (QED) is 0.383. The third-order valence-corrected chi connectivity index (χ3v) is 5.57. The van der Waals surface area contributed by atoms with Crippen LogP contribution in [0.2, 0.25) is 10.0 Å². The molecule has 0 aliphatic carbocycles. The zero-order valence-corrected chi connectivity index (χ0v) is 18.2. The van der Waals surface area contributed by atoms with E-state index in [-0.39, 0.29) is 12.6 Å². The molecule has 0 saturated carbocycles. The summed E-state index contributed by atoms with van der Waals surface area (Å²) in [5.41, 5.74) is 6.98. The highest BCUT2D eigenvalue weighted by Crippen LogP contribution is 2.40. The number of halogens is 2. The number of carbonyl (C=O) groups excluding carboxylic acids is 1. The number of hydrogen-bond donors (Lipinski definition) is 2. The lowest BCUT2D eigenvalue weighted by Crippen LogP contribution is -2.20. The van der Waals surface area contributed by atoms with Crippen LogP contribution in [0.1, 0.15) is 23.5 Å². The fourth-order valence-electron chi connectivity index (χ4n) is 2.68. The number of rotatable bonds is 8. The monoisotopic (exact) mass is 454 g/mol. The summed E-state index contributed by atoms with van der Waals surface area (Å²) in [6.45, 7) is 6.03. The van der Waals surface area contributed by atoms with E-state index < -0.39 is 5.97 Å². The van der Waals surface area contributed by atoms with Crippen molar-refractivity contribution < 1.29 is 14.3 Å². The molecule has 0 aliphatic rings. The molecule has 3 rings (SSSR count).